The van der Waals surface area contributed by atoms with Crippen molar-refractivity contribution in [1.82, 2.24) is 9.80 Å². The van der Waals surface area contributed by atoms with Crippen molar-refractivity contribution in [2.24, 2.45) is 11.7 Å². The number of hydrogen-bond donors (Lipinski definition) is 1. The molecule has 1 unspecified atom stereocenters. The van der Waals surface area contributed by atoms with E-state index >= 15 is 0 Å². The van der Waals surface area contributed by atoms with Crippen LogP contribution in [0.15, 0.2) is 24.3 Å². The molecule has 0 aromatic heterocycles. The van der Waals surface area contributed by atoms with Gasteiger partial charge in [0, 0.05) is 45.3 Å². The zero-order valence-corrected chi connectivity index (χ0v) is 15.7. The lowest BCUT2D eigenvalue weighted by Gasteiger charge is -2.35. The highest BCUT2D eigenvalue weighted by Crippen LogP contribution is 2.19. The average molecular weight is 346 g/mol. The Bertz CT molecular complexity index is 609. The van der Waals surface area contributed by atoms with Crippen LogP contribution in [-0.4, -0.2) is 61.9 Å². The third kappa shape index (κ3) is 4.95. The van der Waals surface area contributed by atoms with Crippen molar-refractivity contribution >= 4 is 17.5 Å². The summed E-state index contributed by atoms with van der Waals surface area (Å²) < 4.78 is 0. The van der Waals surface area contributed by atoms with Gasteiger partial charge in [-0.1, -0.05) is 12.1 Å². The van der Waals surface area contributed by atoms with Gasteiger partial charge >= 0.3 is 0 Å². The number of anilines is 1. The lowest BCUT2D eigenvalue weighted by atomic mass is 9.96. The fourth-order valence-electron chi connectivity index (χ4n) is 3.20. The molecule has 2 N–H and O–H groups in total. The molecule has 138 valence electrons. The maximum Gasteiger partial charge on any atom is 0.239 e. The molecular weight excluding hydrogens is 316 g/mol. The monoisotopic (exact) mass is 346 g/mol. The summed E-state index contributed by atoms with van der Waals surface area (Å²) in [5.41, 5.74) is 7.69. The molecule has 6 heteroatoms. The molecule has 0 radical (unpaired) electrons. The SMILES string of the molecule is CC(C(=O)N1CCC(C(N)=O)CC1)N(C)Cc1cccc(N(C)C)c1. The molecule has 1 atom stereocenters. The van der Waals surface area contributed by atoms with Crippen molar-refractivity contribution in [3.05, 3.63) is 29.8 Å². The van der Waals surface area contributed by atoms with Gasteiger partial charge in [-0.15, -0.1) is 0 Å². The van der Waals surface area contributed by atoms with E-state index < -0.39 is 0 Å². The molecule has 1 aliphatic heterocycles. The Hall–Kier alpha value is -2.08. The Labute approximate surface area is 150 Å². The first-order valence-electron chi connectivity index (χ1n) is 8.84. The number of nitrogens with zero attached hydrogens (tertiary/aromatic N) is 3. The van der Waals surface area contributed by atoms with Gasteiger partial charge in [0.2, 0.25) is 11.8 Å². The summed E-state index contributed by atoms with van der Waals surface area (Å²) >= 11 is 0. The molecule has 25 heavy (non-hydrogen) atoms. The summed E-state index contributed by atoms with van der Waals surface area (Å²) in [6.07, 6.45) is 1.34. The minimum atomic E-state index is -0.252. The molecule has 0 saturated carbocycles. The molecule has 1 fully saturated rings. The number of amides is 2. The topological polar surface area (TPSA) is 69.9 Å². The van der Waals surface area contributed by atoms with E-state index in [2.05, 4.69) is 28.0 Å². The Balaban J connectivity index is 1.93. The molecule has 1 saturated heterocycles. The fourth-order valence-corrected chi connectivity index (χ4v) is 3.20. The average Bonchev–Trinajstić information content (AvgIpc) is 2.60. The standard InChI is InChI=1S/C19H30N4O2/c1-14(19(25)23-10-8-16(9-11-23)18(20)24)22(4)13-15-6-5-7-17(12-15)21(2)3/h5-7,12,14,16H,8-11,13H2,1-4H3,(H2,20,24). The molecule has 1 aliphatic rings. The van der Waals surface area contributed by atoms with Gasteiger partial charge in [0.15, 0.2) is 0 Å². The quantitative estimate of drug-likeness (QED) is 0.843. The van der Waals surface area contributed by atoms with E-state index in [1.807, 2.05) is 39.0 Å². The Morgan fingerprint density at radius 3 is 2.44 bits per heavy atom. The van der Waals surface area contributed by atoms with Crippen LogP contribution < -0.4 is 10.6 Å². The van der Waals surface area contributed by atoms with Gasteiger partial charge in [-0.25, -0.2) is 0 Å². The number of benzene rings is 1. The number of hydrogen-bond acceptors (Lipinski definition) is 4. The fraction of sp³-hybridized carbons (Fsp3) is 0.579. The molecule has 6 nitrogen and oxygen atoms in total. The van der Waals surface area contributed by atoms with Crippen molar-refractivity contribution in [2.75, 3.05) is 39.1 Å². The Morgan fingerprint density at radius 1 is 1.24 bits per heavy atom. The zero-order valence-electron chi connectivity index (χ0n) is 15.7. The van der Waals surface area contributed by atoms with Gasteiger partial charge < -0.3 is 15.5 Å². The second-order valence-electron chi connectivity index (χ2n) is 7.16. The van der Waals surface area contributed by atoms with Crippen LogP contribution in [0.1, 0.15) is 25.3 Å². The van der Waals surface area contributed by atoms with E-state index in [0.29, 0.717) is 32.5 Å². The van der Waals surface area contributed by atoms with Gasteiger partial charge in [0.05, 0.1) is 6.04 Å². The molecule has 1 aromatic carbocycles. The minimum absolute atomic E-state index is 0.0918. The number of piperidine rings is 1. The molecule has 0 bridgehead atoms. The summed E-state index contributed by atoms with van der Waals surface area (Å²) in [4.78, 5) is 30.0. The van der Waals surface area contributed by atoms with E-state index in [9.17, 15) is 9.59 Å². The Kier molecular flexibility index (Phi) is 6.42. The predicted octanol–water partition coefficient (Wildman–Crippen LogP) is 1.30. The van der Waals surface area contributed by atoms with Crippen molar-refractivity contribution < 1.29 is 9.59 Å². The highest BCUT2D eigenvalue weighted by Gasteiger charge is 2.29. The highest BCUT2D eigenvalue weighted by molar-refractivity contribution is 5.82. The minimum Gasteiger partial charge on any atom is -0.378 e. The molecule has 1 heterocycles. The summed E-state index contributed by atoms with van der Waals surface area (Å²) in [5, 5.41) is 0. The van der Waals surface area contributed by atoms with Gasteiger partial charge in [-0.2, -0.15) is 0 Å². The van der Waals surface area contributed by atoms with Crippen LogP contribution in [0.2, 0.25) is 0 Å². The first-order chi connectivity index (χ1) is 11.8. The van der Waals surface area contributed by atoms with Crippen molar-refractivity contribution in [3.63, 3.8) is 0 Å². The molecule has 0 aliphatic carbocycles. The van der Waals surface area contributed by atoms with E-state index in [0.717, 1.165) is 5.69 Å². The van der Waals surface area contributed by atoms with Crippen molar-refractivity contribution in [3.8, 4) is 0 Å². The number of likely N-dealkylation sites (N-methyl/N-ethyl adjacent to an activating group) is 1. The van der Waals surface area contributed by atoms with Gasteiger partial charge in [0.1, 0.15) is 0 Å². The van der Waals surface area contributed by atoms with Crippen molar-refractivity contribution in [1.29, 1.82) is 0 Å². The lowest BCUT2D eigenvalue weighted by Crippen LogP contribution is -2.49. The van der Waals surface area contributed by atoms with Gasteiger partial charge in [-0.3, -0.25) is 14.5 Å². The van der Waals surface area contributed by atoms with Crippen LogP contribution in [0.3, 0.4) is 0 Å². The van der Waals surface area contributed by atoms with E-state index in [4.69, 9.17) is 5.73 Å². The van der Waals surface area contributed by atoms with Crippen molar-refractivity contribution in [2.45, 2.75) is 32.4 Å². The number of primary amides is 1. The third-order valence-electron chi connectivity index (χ3n) is 5.09. The van der Waals surface area contributed by atoms with Crippen LogP contribution in [0.5, 0.6) is 0 Å². The predicted molar refractivity (Wildman–Crippen MR) is 100 cm³/mol. The van der Waals surface area contributed by atoms with Crippen LogP contribution in [0.4, 0.5) is 5.69 Å². The second-order valence-corrected chi connectivity index (χ2v) is 7.16. The zero-order chi connectivity index (χ0) is 18.6. The number of rotatable bonds is 6. The van der Waals surface area contributed by atoms with E-state index in [1.54, 1.807) is 0 Å². The summed E-state index contributed by atoms with van der Waals surface area (Å²) in [5.74, 6) is -0.224. The summed E-state index contributed by atoms with van der Waals surface area (Å²) in [6, 6.07) is 8.14. The molecular formula is C19H30N4O2. The molecule has 0 spiro atoms. The molecule has 2 amide bonds. The van der Waals surface area contributed by atoms with Crippen LogP contribution in [0, 0.1) is 5.92 Å². The number of nitrogens with two attached hydrogens (primary N) is 1. The number of carbonyl (C=O) groups excluding carboxylic acids is 2. The number of carbonyl (C=O) groups is 2. The smallest absolute Gasteiger partial charge is 0.239 e. The maximum atomic E-state index is 12.7. The second kappa shape index (κ2) is 8.34. The highest BCUT2D eigenvalue weighted by atomic mass is 16.2. The third-order valence-corrected chi connectivity index (χ3v) is 5.09. The first-order valence-corrected chi connectivity index (χ1v) is 8.84. The summed E-state index contributed by atoms with van der Waals surface area (Å²) in [6.45, 7) is 3.88. The maximum absolute atomic E-state index is 12.7. The largest absolute Gasteiger partial charge is 0.378 e. The van der Waals surface area contributed by atoms with Gasteiger partial charge in [0.25, 0.3) is 0 Å². The van der Waals surface area contributed by atoms with Crippen LogP contribution in [-0.2, 0) is 16.1 Å². The van der Waals surface area contributed by atoms with E-state index in [1.165, 1.54) is 5.56 Å². The lowest BCUT2D eigenvalue weighted by molar-refractivity contribution is -0.139. The van der Waals surface area contributed by atoms with Crippen LogP contribution >= 0.6 is 0 Å². The summed E-state index contributed by atoms with van der Waals surface area (Å²) in [7, 11) is 6.01. The van der Waals surface area contributed by atoms with Crippen LogP contribution in [0.25, 0.3) is 0 Å². The normalized spacial score (nSPS) is 16.8. The number of likely N-dealkylation sites (tertiary alicyclic amines) is 1. The molecule has 1 aromatic rings. The molecule has 2 rings (SSSR count). The van der Waals surface area contributed by atoms with Gasteiger partial charge in [-0.05, 0) is 44.5 Å². The van der Waals surface area contributed by atoms with E-state index in [-0.39, 0.29) is 23.8 Å². The first kappa shape index (κ1) is 19.2. The Morgan fingerprint density at radius 2 is 1.88 bits per heavy atom.